The lowest BCUT2D eigenvalue weighted by molar-refractivity contribution is -0.139. The second-order valence-corrected chi connectivity index (χ2v) is 7.60. The number of thiophene rings is 1. The number of hydrogen-bond donors (Lipinski definition) is 2. The van der Waals surface area contributed by atoms with Gasteiger partial charge in [0, 0.05) is 4.88 Å². The minimum Gasteiger partial charge on any atom is -0.482 e. The first-order valence-electron chi connectivity index (χ1n) is 8.94. The number of carboxylic acid groups (broad SMARTS) is 1. The Hall–Kier alpha value is -2.67. The minimum absolute atomic E-state index is 0.186. The zero-order chi connectivity index (χ0) is 19.2. The van der Waals surface area contributed by atoms with Crippen LogP contribution in [0.3, 0.4) is 0 Å². The van der Waals surface area contributed by atoms with E-state index in [1.165, 1.54) is 29.7 Å². The van der Waals surface area contributed by atoms with Crippen molar-refractivity contribution in [2.45, 2.75) is 39.0 Å². The molecule has 3 rings (SSSR count). The van der Waals surface area contributed by atoms with Crippen molar-refractivity contribution in [3.63, 3.8) is 0 Å². The Morgan fingerprint density at radius 1 is 1.19 bits per heavy atom. The lowest BCUT2D eigenvalue weighted by Gasteiger charge is -2.05. The summed E-state index contributed by atoms with van der Waals surface area (Å²) in [6.45, 7) is 1.42. The lowest BCUT2D eigenvalue weighted by Crippen LogP contribution is -2.18. The van der Waals surface area contributed by atoms with E-state index >= 15 is 0 Å². The number of aliphatic carboxylic acids is 1. The van der Waals surface area contributed by atoms with Gasteiger partial charge < -0.3 is 9.84 Å². The molecule has 0 saturated heterocycles. The molecular formula is C20H22N2O4S. The third-order valence-electron chi connectivity index (χ3n) is 4.43. The maximum absolute atomic E-state index is 12.4. The van der Waals surface area contributed by atoms with Crippen LogP contribution in [0.2, 0.25) is 0 Å². The summed E-state index contributed by atoms with van der Waals surface area (Å²) in [4.78, 5) is 24.9. The van der Waals surface area contributed by atoms with Crippen LogP contribution in [0.1, 0.15) is 51.9 Å². The highest BCUT2D eigenvalue weighted by Gasteiger charge is 2.16. The van der Waals surface area contributed by atoms with Crippen LogP contribution < -0.4 is 10.2 Å². The Morgan fingerprint density at radius 3 is 2.67 bits per heavy atom. The molecule has 0 aliphatic heterocycles. The molecule has 142 valence electrons. The van der Waals surface area contributed by atoms with Crippen molar-refractivity contribution < 1.29 is 19.4 Å². The molecular weight excluding hydrogens is 364 g/mol. The highest BCUT2D eigenvalue weighted by molar-refractivity contribution is 7.14. The molecule has 0 spiro atoms. The van der Waals surface area contributed by atoms with E-state index in [2.05, 4.69) is 10.5 Å². The Labute approximate surface area is 161 Å². The summed E-state index contributed by atoms with van der Waals surface area (Å²) in [6.07, 6.45) is 5.75. The van der Waals surface area contributed by atoms with Crippen LogP contribution >= 0.6 is 11.3 Å². The average molecular weight is 386 g/mol. The number of carbonyl (C=O) groups excluding carboxylic acids is 1. The number of rotatable bonds is 6. The van der Waals surface area contributed by atoms with Gasteiger partial charge in [-0.3, -0.25) is 4.79 Å². The van der Waals surface area contributed by atoms with Gasteiger partial charge in [-0.2, -0.15) is 5.10 Å². The summed E-state index contributed by atoms with van der Waals surface area (Å²) in [7, 11) is 0. The maximum atomic E-state index is 12.4. The van der Waals surface area contributed by atoms with Gasteiger partial charge in [0.2, 0.25) is 0 Å². The number of ether oxygens (including phenoxy) is 1. The van der Waals surface area contributed by atoms with Crippen molar-refractivity contribution >= 4 is 28.9 Å². The standard InChI is InChI=1S/C20H22N2O4S/c1-13(14-7-9-16(10-8-14)26-12-19(23)24)21-22-20(25)18-11-15-5-3-2-4-6-17(15)27-18/h7-11H,2-6,12H2,1H3,(H,22,25)(H,23,24)/b21-13-. The lowest BCUT2D eigenvalue weighted by atomic mass is 10.1. The molecule has 1 aliphatic carbocycles. The van der Waals surface area contributed by atoms with E-state index in [-0.39, 0.29) is 12.5 Å². The summed E-state index contributed by atoms with van der Waals surface area (Å²) < 4.78 is 5.10. The van der Waals surface area contributed by atoms with Crippen LogP contribution in [0.25, 0.3) is 0 Å². The van der Waals surface area contributed by atoms with Crippen LogP contribution in [0.15, 0.2) is 35.4 Å². The molecule has 0 atom stereocenters. The van der Waals surface area contributed by atoms with E-state index in [9.17, 15) is 9.59 Å². The van der Waals surface area contributed by atoms with E-state index in [0.717, 1.165) is 18.4 Å². The van der Waals surface area contributed by atoms with Crippen LogP contribution in [-0.4, -0.2) is 29.3 Å². The SMILES string of the molecule is C/C(=N/NC(=O)c1cc2c(s1)CCCCC2)c1ccc(OCC(=O)O)cc1. The second-order valence-electron chi connectivity index (χ2n) is 6.46. The first-order chi connectivity index (χ1) is 13.0. The fourth-order valence-corrected chi connectivity index (χ4v) is 4.11. The predicted octanol–water partition coefficient (Wildman–Crippen LogP) is 3.63. The highest BCUT2D eigenvalue weighted by Crippen LogP contribution is 2.28. The number of carbonyl (C=O) groups is 2. The van der Waals surface area contributed by atoms with Crippen molar-refractivity contribution in [1.29, 1.82) is 0 Å². The molecule has 1 aromatic carbocycles. The number of hydrazone groups is 1. The van der Waals surface area contributed by atoms with Gasteiger partial charge in [-0.15, -0.1) is 11.3 Å². The molecule has 7 heteroatoms. The number of aryl methyl sites for hydroxylation is 2. The first kappa shape index (κ1) is 19.1. The summed E-state index contributed by atoms with van der Waals surface area (Å²) >= 11 is 1.57. The van der Waals surface area contributed by atoms with Crippen molar-refractivity contribution in [3.05, 3.63) is 51.2 Å². The molecule has 1 aromatic heterocycles. The second kappa shape index (κ2) is 8.81. The number of amides is 1. The van der Waals surface area contributed by atoms with Gasteiger partial charge in [-0.1, -0.05) is 6.42 Å². The molecule has 27 heavy (non-hydrogen) atoms. The smallest absolute Gasteiger partial charge is 0.341 e. The first-order valence-corrected chi connectivity index (χ1v) is 9.76. The molecule has 1 aliphatic rings. The fraction of sp³-hybridized carbons (Fsp3) is 0.350. The Morgan fingerprint density at radius 2 is 1.93 bits per heavy atom. The molecule has 2 aromatic rings. The van der Waals surface area contributed by atoms with Gasteiger partial charge in [-0.25, -0.2) is 10.2 Å². The van der Waals surface area contributed by atoms with E-state index in [4.69, 9.17) is 9.84 Å². The van der Waals surface area contributed by atoms with E-state index in [1.54, 1.807) is 42.5 Å². The van der Waals surface area contributed by atoms with Gasteiger partial charge in [0.15, 0.2) is 6.61 Å². The topological polar surface area (TPSA) is 88.0 Å². The van der Waals surface area contributed by atoms with E-state index in [1.807, 2.05) is 6.07 Å². The summed E-state index contributed by atoms with van der Waals surface area (Å²) in [5.41, 5.74) is 5.41. The molecule has 0 fully saturated rings. The number of carboxylic acids is 1. The number of nitrogens with one attached hydrogen (secondary N) is 1. The molecule has 1 amide bonds. The van der Waals surface area contributed by atoms with Crippen LogP contribution in [-0.2, 0) is 17.6 Å². The van der Waals surface area contributed by atoms with Gasteiger partial charge in [0.1, 0.15) is 5.75 Å². The van der Waals surface area contributed by atoms with Crippen LogP contribution in [0.4, 0.5) is 0 Å². The fourth-order valence-electron chi connectivity index (χ4n) is 2.97. The normalized spacial score (nSPS) is 14.2. The minimum atomic E-state index is -1.02. The molecule has 6 nitrogen and oxygen atoms in total. The maximum Gasteiger partial charge on any atom is 0.341 e. The monoisotopic (exact) mass is 386 g/mol. The zero-order valence-corrected chi connectivity index (χ0v) is 16.0. The highest BCUT2D eigenvalue weighted by atomic mass is 32.1. The van der Waals surface area contributed by atoms with Gasteiger partial charge in [0.05, 0.1) is 10.6 Å². The Bertz CT molecular complexity index is 832. The third kappa shape index (κ3) is 5.17. The average Bonchev–Trinajstić information content (AvgIpc) is 2.95. The van der Waals surface area contributed by atoms with Crippen molar-refractivity contribution in [2.24, 2.45) is 5.10 Å². The van der Waals surface area contributed by atoms with Crippen molar-refractivity contribution in [1.82, 2.24) is 5.43 Å². The molecule has 1 heterocycles. The Balaban J connectivity index is 1.61. The number of fused-ring (bicyclic) bond motifs is 1. The van der Waals surface area contributed by atoms with Crippen molar-refractivity contribution in [2.75, 3.05) is 6.61 Å². The van der Waals surface area contributed by atoms with E-state index < -0.39 is 5.97 Å². The molecule has 0 unspecified atom stereocenters. The summed E-state index contributed by atoms with van der Waals surface area (Å²) in [6, 6.07) is 8.90. The van der Waals surface area contributed by atoms with Gasteiger partial charge in [0.25, 0.3) is 5.91 Å². The van der Waals surface area contributed by atoms with Gasteiger partial charge >= 0.3 is 5.97 Å². The summed E-state index contributed by atoms with van der Waals surface area (Å²) in [5.74, 6) is -0.739. The molecule has 0 radical (unpaired) electrons. The van der Waals surface area contributed by atoms with Crippen LogP contribution in [0.5, 0.6) is 5.75 Å². The molecule has 2 N–H and O–H groups in total. The Kier molecular flexibility index (Phi) is 6.24. The van der Waals surface area contributed by atoms with Crippen molar-refractivity contribution in [3.8, 4) is 5.75 Å². The molecule has 0 saturated carbocycles. The van der Waals surface area contributed by atoms with Crippen LogP contribution in [0, 0.1) is 0 Å². The van der Waals surface area contributed by atoms with Gasteiger partial charge in [-0.05, 0) is 74.1 Å². The molecule has 0 bridgehead atoms. The largest absolute Gasteiger partial charge is 0.482 e. The number of benzene rings is 1. The number of nitrogens with zero attached hydrogens (tertiary/aromatic N) is 1. The summed E-state index contributed by atoms with van der Waals surface area (Å²) in [5, 5.41) is 12.8. The zero-order valence-electron chi connectivity index (χ0n) is 15.2. The van der Waals surface area contributed by atoms with E-state index in [0.29, 0.717) is 16.3 Å². The quantitative estimate of drug-likeness (QED) is 0.451. The number of hydrogen-bond acceptors (Lipinski definition) is 5. The third-order valence-corrected chi connectivity index (χ3v) is 5.67. The predicted molar refractivity (Wildman–Crippen MR) is 105 cm³/mol.